The summed E-state index contributed by atoms with van der Waals surface area (Å²) in [6, 6.07) is 7.59. The highest BCUT2D eigenvalue weighted by Crippen LogP contribution is 2.24. The molecule has 2 nitrogen and oxygen atoms in total. The lowest BCUT2D eigenvalue weighted by Crippen LogP contribution is -1.98. The van der Waals surface area contributed by atoms with Crippen molar-refractivity contribution in [2.45, 2.75) is 6.54 Å². The van der Waals surface area contributed by atoms with Gasteiger partial charge >= 0.3 is 0 Å². The first-order valence-corrected chi connectivity index (χ1v) is 4.43. The summed E-state index contributed by atoms with van der Waals surface area (Å²) in [6.45, 7) is 0.491. The summed E-state index contributed by atoms with van der Waals surface area (Å²) in [7, 11) is 0. The molecule has 2 rings (SSSR count). The lowest BCUT2D eigenvalue weighted by molar-refractivity contribution is 1.08. The van der Waals surface area contributed by atoms with E-state index in [9.17, 15) is 0 Å². The van der Waals surface area contributed by atoms with Gasteiger partial charge in [0.15, 0.2) is 0 Å². The van der Waals surface area contributed by atoms with Crippen molar-refractivity contribution >= 4 is 34.9 Å². The Balaban J connectivity index is 0.000000980. The van der Waals surface area contributed by atoms with Crippen LogP contribution in [0.1, 0.15) is 5.56 Å². The molecule has 0 spiro atoms. The second kappa shape index (κ2) is 4.60. The van der Waals surface area contributed by atoms with Gasteiger partial charge in [-0.3, -0.25) is 4.98 Å². The number of nitrogens with zero attached hydrogens (tertiary/aromatic N) is 1. The summed E-state index contributed by atoms with van der Waals surface area (Å²) < 4.78 is 0. The second-order valence-electron chi connectivity index (χ2n) is 2.81. The highest BCUT2D eigenvalue weighted by molar-refractivity contribution is 6.35. The molecule has 0 radical (unpaired) electrons. The molecule has 4 heteroatoms. The third-order valence-corrected chi connectivity index (χ3v) is 2.35. The molecule has 0 aliphatic rings. The highest BCUT2D eigenvalue weighted by atomic mass is 35.5. The van der Waals surface area contributed by atoms with Gasteiger partial charge in [-0.15, -0.1) is 12.4 Å². The molecule has 1 aromatic heterocycles. The molecule has 74 valence electrons. The van der Waals surface area contributed by atoms with Gasteiger partial charge in [0, 0.05) is 23.2 Å². The molecule has 0 fully saturated rings. The Bertz CT molecular complexity index is 443. The molecule has 0 aliphatic heterocycles. The van der Waals surface area contributed by atoms with E-state index in [0.29, 0.717) is 6.54 Å². The van der Waals surface area contributed by atoms with Crippen molar-refractivity contribution in [3.63, 3.8) is 0 Å². The lowest BCUT2D eigenvalue weighted by atomic mass is 10.1. The SMILES string of the molecule is Cl.NCc1ccc(Cl)c2cccnc12. The zero-order chi connectivity index (χ0) is 9.26. The van der Waals surface area contributed by atoms with Crippen molar-refractivity contribution in [1.29, 1.82) is 0 Å². The molecular formula is C10H10Cl2N2. The van der Waals surface area contributed by atoms with Crippen LogP contribution in [0.3, 0.4) is 0 Å². The Kier molecular flexibility index (Phi) is 3.69. The van der Waals surface area contributed by atoms with E-state index >= 15 is 0 Å². The van der Waals surface area contributed by atoms with Gasteiger partial charge in [0.1, 0.15) is 0 Å². The number of hydrogen-bond acceptors (Lipinski definition) is 2. The molecule has 0 saturated heterocycles. The van der Waals surface area contributed by atoms with Crippen LogP contribution in [0.15, 0.2) is 30.5 Å². The van der Waals surface area contributed by atoms with Gasteiger partial charge in [-0.25, -0.2) is 0 Å². The first kappa shape index (κ1) is 11.2. The average molecular weight is 229 g/mol. The number of rotatable bonds is 1. The van der Waals surface area contributed by atoms with E-state index in [4.69, 9.17) is 17.3 Å². The van der Waals surface area contributed by atoms with Gasteiger partial charge in [-0.2, -0.15) is 0 Å². The van der Waals surface area contributed by atoms with Crippen LogP contribution < -0.4 is 5.73 Å². The molecule has 0 bridgehead atoms. The van der Waals surface area contributed by atoms with Crippen LogP contribution in [0.5, 0.6) is 0 Å². The van der Waals surface area contributed by atoms with Crippen molar-refractivity contribution in [2.24, 2.45) is 5.73 Å². The maximum absolute atomic E-state index is 6.01. The standard InChI is InChI=1S/C10H9ClN2.ClH/c11-9-4-3-7(6-12)10-8(9)2-1-5-13-10;/h1-5H,6,12H2;1H. The van der Waals surface area contributed by atoms with Gasteiger partial charge in [0.25, 0.3) is 0 Å². The molecule has 1 heterocycles. The number of halogens is 2. The third kappa shape index (κ3) is 1.82. The van der Waals surface area contributed by atoms with Crippen LogP contribution in [-0.2, 0) is 6.54 Å². The molecule has 2 aromatic rings. The molecular weight excluding hydrogens is 219 g/mol. The van der Waals surface area contributed by atoms with Gasteiger partial charge in [0.2, 0.25) is 0 Å². The van der Waals surface area contributed by atoms with Gasteiger partial charge in [-0.05, 0) is 23.8 Å². The van der Waals surface area contributed by atoms with Crippen molar-refractivity contribution in [2.75, 3.05) is 0 Å². The average Bonchev–Trinajstić information content (AvgIpc) is 2.19. The van der Waals surface area contributed by atoms with E-state index in [1.807, 2.05) is 24.3 Å². The van der Waals surface area contributed by atoms with Crippen molar-refractivity contribution in [3.05, 3.63) is 41.0 Å². The van der Waals surface area contributed by atoms with Gasteiger partial charge < -0.3 is 5.73 Å². The topological polar surface area (TPSA) is 38.9 Å². The zero-order valence-corrected chi connectivity index (χ0v) is 8.98. The quantitative estimate of drug-likeness (QED) is 0.816. The maximum Gasteiger partial charge on any atom is 0.0761 e. The van der Waals surface area contributed by atoms with Crippen LogP contribution in [-0.4, -0.2) is 4.98 Å². The monoisotopic (exact) mass is 228 g/mol. The molecule has 2 N–H and O–H groups in total. The second-order valence-corrected chi connectivity index (χ2v) is 3.22. The van der Waals surface area contributed by atoms with E-state index in [1.165, 1.54) is 0 Å². The first-order valence-electron chi connectivity index (χ1n) is 4.05. The number of aromatic nitrogens is 1. The summed E-state index contributed by atoms with van der Waals surface area (Å²) in [6.07, 6.45) is 1.75. The Morgan fingerprint density at radius 2 is 2.07 bits per heavy atom. The molecule has 14 heavy (non-hydrogen) atoms. The predicted octanol–water partition coefficient (Wildman–Crippen LogP) is 2.77. The molecule has 0 aliphatic carbocycles. The summed E-state index contributed by atoms with van der Waals surface area (Å²) >= 11 is 6.01. The normalized spacial score (nSPS) is 9.86. The molecule has 1 aromatic carbocycles. The minimum atomic E-state index is 0. The van der Waals surface area contributed by atoms with E-state index in [-0.39, 0.29) is 12.4 Å². The molecule has 0 unspecified atom stereocenters. The van der Waals surface area contributed by atoms with Crippen molar-refractivity contribution < 1.29 is 0 Å². The Morgan fingerprint density at radius 1 is 1.29 bits per heavy atom. The fourth-order valence-electron chi connectivity index (χ4n) is 1.36. The van der Waals surface area contributed by atoms with Crippen molar-refractivity contribution in [1.82, 2.24) is 4.98 Å². The number of pyridine rings is 1. The van der Waals surface area contributed by atoms with E-state index in [1.54, 1.807) is 6.20 Å². The summed E-state index contributed by atoms with van der Waals surface area (Å²) in [4.78, 5) is 4.25. The van der Waals surface area contributed by atoms with E-state index in [0.717, 1.165) is 21.5 Å². The van der Waals surface area contributed by atoms with Crippen LogP contribution in [0.25, 0.3) is 10.9 Å². The van der Waals surface area contributed by atoms with Crippen molar-refractivity contribution in [3.8, 4) is 0 Å². The highest BCUT2D eigenvalue weighted by Gasteiger charge is 2.02. The smallest absolute Gasteiger partial charge is 0.0761 e. The zero-order valence-electron chi connectivity index (χ0n) is 7.40. The van der Waals surface area contributed by atoms with E-state index in [2.05, 4.69) is 4.98 Å². The Morgan fingerprint density at radius 3 is 2.79 bits per heavy atom. The van der Waals surface area contributed by atoms with Crippen LogP contribution in [0.4, 0.5) is 0 Å². The number of fused-ring (bicyclic) bond motifs is 1. The largest absolute Gasteiger partial charge is 0.326 e. The van der Waals surface area contributed by atoms with Gasteiger partial charge in [-0.1, -0.05) is 17.7 Å². The third-order valence-electron chi connectivity index (χ3n) is 2.02. The molecule has 0 saturated carbocycles. The summed E-state index contributed by atoms with van der Waals surface area (Å²) in [5.74, 6) is 0. The lowest BCUT2D eigenvalue weighted by Gasteiger charge is -2.03. The van der Waals surface area contributed by atoms with Crippen LogP contribution in [0, 0.1) is 0 Å². The fourth-order valence-corrected chi connectivity index (χ4v) is 1.58. The Hall–Kier alpha value is -0.830. The minimum Gasteiger partial charge on any atom is -0.326 e. The van der Waals surface area contributed by atoms with Crippen LogP contribution in [0.2, 0.25) is 5.02 Å². The van der Waals surface area contributed by atoms with E-state index < -0.39 is 0 Å². The number of nitrogens with two attached hydrogens (primary N) is 1. The molecule has 0 amide bonds. The van der Waals surface area contributed by atoms with Crippen LogP contribution >= 0.6 is 24.0 Å². The van der Waals surface area contributed by atoms with Gasteiger partial charge in [0.05, 0.1) is 5.52 Å². The first-order chi connectivity index (χ1) is 6.33. The summed E-state index contributed by atoms with van der Waals surface area (Å²) in [5, 5.41) is 1.69. The fraction of sp³-hybridized carbons (Fsp3) is 0.100. The maximum atomic E-state index is 6.01. The summed E-state index contributed by atoms with van der Waals surface area (Å²) in [5.41, 5.74) is 7.51. The predicted molar refractivity (Wildman–Crippen MR) is 61.9 cm³/mol. The number of benzene rings is 1. The molecule has 0 atom stereocenters. The Labute approximate surface area is 93.5 Å². The minimum absolute atomic E-state index is 0. The number of hydrogen-bond donors (Lipinski definition) is 1.